The lowest BCUT2D eigenvalue weighted by molar-refractivity contribution is 0.194. The number of ether oxygens (including phenoxy) is 1. The molecule has 1 aromatic carbocycles. The second-order valence-electron chi connectivity index (χ2n) is 4.16. The number of nitrogen functional groups attached to an aromatic ring is 1. The molecule has 0 saturated carbocycles. The first-order valence-electron chi connectivity index (χ1n) is 6.06. The van der Waals surface area contributed by atoms with E-state index in [-0.39, 0.29) is 5.82 Å². The highest BCUT2D eigenvalue weighted by molar-refractivity contribution is 6.43. The molecule has 0 fully saturated rings. The van der Waals surface area contributed by atoms with E-state index in [0.717, 1.165) is 6.42 Å². The van der Waals surface area contributed by atoms with Crippen LogP contribution in [0.5, 0.6) is 0 Å². The van der Waals surface area contributed by atoms with Gasteiger partial charge in [-0.25, -0.2) is 4.98 Å². The van der Waals surface area contributed by atoms with Gasteiger partial charge in [0, 0.05) is 25.7 Å². The van der Waals surface area contributed by atoms with Gasteiger partial charge in [0.25, 0.3) is 0 Å². The molecule has 0 aliphatic rings. The van der Waals surface area contributed by atoms with Crippen LogP contribution in [0.4, 0.5) is 5.82 Å². The molecule has 0 saturated heterocycles. The van der Waals surface area contributed by atoms with Crippen molar-refractivity contribution in [2.75, 3.05) is 19.5 Å². The minimum atomic E-state index is 0.289. The van der Waals surface area contributed by atoms with Gasteiger partial charge in [-0.05, 0) is 12.5 Å². The maximum atomic E-state index is 6.14. The molecule has 1 heterocycles. The van der Waals surface area contributed by atoms with Crippen LogP contribution < -0.4 is 5.73 Å². The molecule has 5 nitrogen and oxygen atoms in total. The van der Waals surface area contributed by atoms with Crippen molar-refractivity contribution in [2.24, 2.45) is 0 Å². The summed E-state index contributed by atoms with van der Waals surface area (Å²) in [6, 6.07) is 5.25. The van der Waals surface area contributed by atoms with Crippen LogP contribution in [0.2, 0.25) is 10.0 Å². The average Bonchev–Trinajstić information content (AvgIpc) is 2.43. The van der Waals surface area contributed by atoms with Gasteiger partial charge in [0.15, 0.2) is 11.6 Å². The summed E-state index contributed by atoms with van der Waals surface area (Å²) in [5.41, 5.74) is 6.99. The predicted molar refractivity (Wildman–Crippen MR) is 79.9 cm³/mol. The van der Waals surface area contributed by atoms with Crippen LogP contribution in [0.3, 0.4) is 0 Å². The molecule has 0 atom stereocenters. The zero-order chi connectivity index (χ0) is 14.5. The van der Waals surface area contributed by atoms with Crippen molar-refractivity contribution in [1.29, 1.82) is 0 Å². The third-order valence-corrected chi connectivity index (χ3v) is 3.53. The number of nitrogens with two attached hydrogens (primary N) is 1. The first-order valence-corrected chi connectivity index (χ1v) is 6.81. The summed E-state index contributed by atoms with van der Waals surface area (Å²) in [5.74, 6) is 0.873. The van der Waals surface area contributed by atoms with Crippen molar-refractivity contribution < 1.29 is 4.74 Å². The van der Waals surface area contributed by atoms with Gasteiger partial charge >= 0.3 is 0 Å². The normalized spacial score (nSPS) is 10.8. The lowest BCUT2D eigenvalue weighted by Crippen LogP contribution is -2.06. The number of anilines is 1. The summed E-state index contributed by atoms with van der Waals surface area (Å²) in [6.07, 6.45) is 1.48. The Morgan fingerprint density at radius 2 is 2.05 bits per heavy atom. The van der Waals surface area contributed by atoms with Gasteiger partial charge in [-0.2, -0.15) is 0 Å². The molecule has 2 N–H and O–H groups in total. The van der Waals surface area contributed by atoms with E-state index >= 15 is 0 Å². The van der Waals surface area contributed by atoms with Gasteiger partial charge in [-0.1, -0.05) is 35.3 Å². The molecule has 106 valence electrons. The Morgan fingerprint density at radius 1 is 1.25 bits per heavy atom. The molecule has 0 spiro atoms. The van der Waals surface area contributed by atoms with Gasteiger partial charge in [0.1, 0.15) is 5.69 Å². The van der Waals surface area contributed by atoms with Crippen molar-refractivity contribution in [3.63, 3.8) is 0 Å². The SMILES string of the molecule is COCCCc1nnc(-c2cccc(Cl)c2Cl)c(N)n1. The van der Waals surface area contributed by atoms with Crippen LogP contribution in [0.1, 0.15) is 12.2 Å². The summed E-state index contributed by atoms with van der Waals surface area (Å²) in [6.45, 7) is 0.644. The summed E-state index contributed by atoms with van der Waals surface area (Å²) < 4.78 is 4.98. The van der Waals surface area contributed by atoms with Crippen LogP contribution in [0.25, 0.3) is 11.3 Å². The zero-order valence-corrected chi connectivity index (χ0v) is 12.4. The van der Waals surface area contributed by atoms with E-state index in [1.54, 1.807) is 25.3 Å². The monoisotopic (exact) mass is 312 g/mol. The van der Waals surface area contributed by atoms with Gasteiger partial charge < -0.3 is 10.5 Å². The number of halogens is 2. The van der Waals surface area contributed by atoms with E-state index in [0.29, 0.717) is 40.2 Å². The molecule has 0 bridgehead atoms. The highest BCUT2D eigenvalue weighted by Crippen LogP contribution is 2.33. The summed E-state index contributed by atoms with van der Waals surface area (Å²) in [5, 5.41) is 9.00. The van der Waals surface area contributed by atoms with E-state index in [9.17, 15) is 0 Å². The molecule has 2 aromatic rings. The van der Waals surface area contributed by atoms with Crippen molar-refractivity contribution in [3.8, 4) is 11.3 Å². The van der Waals surface area contributed by atoms with Crippen molar-refractivity contribution in [3.05, 3.63) is 34.1 Å². The van der Waals surface area contributed by atoms with E-state index in [4.69, 9.17) is 33.7 Å². The van der Waals surface area contributed by atoms with Gasteiger partial charge in [-0.15, -0.1) is 10.2 Å². The molecule has 0 unspecified atom stereocenters. The van der Waals surface area contributed by atoms with Crippen LogP contribution in [-0.2, 0) is 11.2 Å². The Morgan fingerprint density at radius 3 is 2.75 bits per heavy atom. The topological polar surface area (TPSA) is 73.9 Å². The highest BCUT2D eigenvalue weighted by atomic mass is 35.5. The fourth-order valence-electron chi connectivity index (χ4n) is 1.73. The Bertz CT molecular complexity index is 607. The van der Waals surface area contributed by atoms with E-state index < -0.39 is 0 Å². The molecule has 0 radical (unpaired) electrons. The summed E-state index contributed by atoms with van der Waals surface area (Å²) in [4.78, 5) is 4.24. The smallest absolute Gasteiger partial charge is 0.154 e. The summed E-state index contributed by atoms with van der Waals surface area (Å²) in [7, 11) is 1.65. The number of nitrogens with zero attached hydrogens (tertiary/aromatic N) is 3. The second kappa shape index (κ2) is 6.83. The molecule has 0 aliphatic carbocycles. The van der Waals surface area contributed by atoms with Crippen molar-refractivity contribution in [2.45, 2.75) is 12.8 Å². The number of aromatic nitrogens is 3. The van der Waals surface area contributed by atoms with Crippen molar-refractivity contribution in [1.82, 2.24) is 15.2 Å². The minimum Gasteiger partial charge on any atom is -0.385 e. The van der Waals surface area contributed by atoms with Crippen molar-refractivity contribution >= 4 is 29.0 Å². The Kier molecular flexibility index (Phi) is 5.11. The molecule has 0 amide bonds. The maximum absolute atomic E-state index is 6.14. The third kappa shape index (κ3) is 3.36. The lowest BCUT2D eigenvalue weighted by atomic mass is 10.1. The number of rotatable bonds is 5. The Balaban J connectivity index is 2.27. The largest absolute Gasteiger partial charge is 0.385 e. The van der Waals surface area contributed by atoms with Gasteiger partial charge in [0.05, 0.1) is 10.0 Å². The van der Waals surface area contributed by atoms with E-state index in [1.807, 2.05) is 0 Å². The number of hydrogen-bond donors (Lipinski definition) is 1. The molecular weight excluding hydrogens is 299 g/mol. The van der Waals surface area contributed by atoms with Gasteiger partial charge in [-0.3, -0.25) is 0 Å². The molecular formula is C13H14Cl2N4O. The minimum absolute atomic E-state index is 0.289. The van der Waals surface area contributed by atoms with Crippen LogP contribution >= 0.6 is 23.2 Å². The molecule has 7 heteroatoms. The van der Waals surface area contributed by atoms with Crippen LogP contribution in [0.15, 0.2) is 18.2 Å². The highest BCUT2D eigenvalue weighted by Gasteiger charge is 2.13. The number of benzene rings is 1. The second-order valence-corrected chi connectivity index (χ2v) is 4.94. The first-order chi connectivity index (χ1) is 9.63. The summed E-state index contributed by atoms with van der Waals surface area (Å²) >= 11 is 12.1. The number of methoxy groups -OCH3 is 1. The Hall–Kier alpha value is -1.43. The van der Waals surface area contributed by atoms with Gasteiger partial charge in [0.2, 0.25) is 0 Å². The number of hydrogen-bond acceptors (Lipinski definition) is 5. The molecule has 2 rings (SSSR count). The molecule has 0 aliphatic heterocycles. The fraction of sp³-hybridized carbons (Fsp3) is 0.308. The van der Waals surface area contributed by atoms with Crippen LogP contribution in [0, 0.1) is 0 Å². The standard InChI is InChI=1S/C13H14Cl2N4O/c1-20-7-3-6-10-17-13(16)12(19-18-10)8-4-2-5-9(14)11(8)15/h2,4-5H,3,6-7H2,1H3,(H2,16,17,18). The average molecular weight is 313 g/mol. The molecule has 20 heavy (non-hydrogen) atoms. The first kappa shape index (κ1) is 15.0. The number of aryl methyl sites for hydroxylation is 1. The quantitative estimate of drug-likeness (QED) is 0.859. The lowest BCUT2D eigenvalue weighted by Gasteiger charge is -2.08. The molecule has 1 aromatic heterocycles. The fourth-order valence-corrected chi connectivity index (χ4v) is 2.12. The predicted octanol–water partition coefficient (Wildman–Crippen LogP) is 3.01. The van der Waals surface area contributed by atoms with E-state index in [1.165, 1.54) is 0 Å². The van der Waals surface area contributed by atoms with Crippen LogP contribution in [-0.4, -0.2) is 28.9 Å². The maximum Gasteiger partial charge on any atom is 0.154 e. The Labute approximate surface area is 127 Å². The third-order valence-electron chi connectivity index (χ3n) is 2.71. The zero-order valence-electron chi connectivity index (χ0n) is 10.9. The van der Waals surface area contributed by atoms with E-state index in [2.05, 4.69) is 15.2 Å².